The van der Waals surface area contributed by atoms with Gasteiger partial charge in [-0.05, 0) is 55.5 Å². The minimum absolute atomic E-state index is 0.0980. The molecule has 5 nitrogen and oxygen atoms in total. The number of carbonyl (C=O) groups is 1. The summed E-state index contributed by atoms with van der Waals surface area (Å²) in [6.45, 7) is 2.55. The van der Waals surface area contributed by atoms with Crippen LogP contribution in [0.4, 0.5) is 15.8 Å². The SMILES string of the molecule is CCN(CC(=O)Nc1cccc(OC)c1)C(=S)Nc1ccc(F)cc1. The highest BCUT2D eigenvalue weighted by Crippen LogP contribution is 2.16. The summed E-state index contributed by atoms with van der Waals surface area (Å²) in [6.07, 6.45) is 0. The molecular formula is C18H20FN3O2S. The maximum atomic E-state index is 12.9. The number of nitrogens with zero attached hydrogens (tertiary/aromatic N) is 1. The molecule has 0 unspecified atom stereocenters. The lowest BCUT2D eigenvalue weighted by Crippen LogP contribution is -2.40. The van der Waals surface area contributed by atoms with Crippen molar-refractivity contribution in [2.45, 2.75) is 6.92 Å². The van der Waals surface area contributed by atoms with Crippen LogP contribution in [0.15, 0.2) is 48.5 Å². The summed E-state index contributed by atoms with van der Waals surface area (Å²) in [7, 11) is 1.57. The van der Waals surface area contributed by atoms with Gasteiger partial charge in [-0.25, -0.2) is 4.39 Å². The molecule has 0 aliphatic heterocycles. The molecule has 0 aliphatic carbocycles. The molecule has 2 rings (SSSR count). The van der Waals surface area contributed by atoms with Crippen LogP contribution >= 0.6 is 12.2 Å². The van der Waals surface area contributed by atoms with Gasteiger partial charge in [0.2, 0.25) is 5.91 Å². The summed E-state index contributed by atoms with van der Waals surface area (Å²) < 4.78 is 18.1. The number of rotatable bonds is 6. The lowest BCUT2D eigenvalue weighted by molar-refractivity contribution is -0.116. The molecule has 132 valence electrons. The number of carbonyl (C=O) groups excluding carboxylic acids is 1. The molecule has 1 amide bonds. The Hall–Kier alpha value is -2.67. The van der Waals surface area contributed by atoms with Crippen LogP contribution in [-0.4, -0.2) is 36.1 Å². The van der Waals surface area contributed by atoms with Gasteiger partial charge in [0.15, 0.2) is 5.11 Å². The molecule has 0 saturated carbocycles. The summed E-state index contributed by atoms with van der Waals surface area (Å²) in [5.74, 6) is 0.151. The van der Waals surface area contributed by atoms with Gasteiger partial charge >= 0.3 is 0 Å². The molecule has 7 heteroatoms. The first kappa shape index (κ1) is 18.7. The highest BCUT2D eigenvalue weighted by molar-refractivity contribution is 7.80. The van der Waals surface area contributed by atoms with Crippen LogP contribution in [0.2, 0.25) is 0 Å². The maximum Gasteiger partial charge on any atom is 0.243 e. The van der Waals surface area contributed by atoms with Crippen molar-refractivity contribution in [3.05, 3.63) is 54.3 Å². The van der Waals surface area contributed by atoms with Gasteiger partial charge < -0.3 is 20.3 Å². The Morgan fingerprint density at radius 1 is 1.16 bits per heavy atom. The van der Waals surface area contributed by atoms with E-state index in [1.165, 1.54) is 12.1 Å². The predicted molar refractivity (Wildman–Crippen MR) is 101 cm³/mol. The van der Waals surface area contributed by atoms with E-state index in [-0.39, 0.29) is 18.3 Å². The van der Waals surface area contributed by atoms with Crippen LogP contribution in [0.1, 0.15) is 6.92 Å². The topological polar surface area (TPSA) is 53.6 Å². The minimum Gasteiger partial charge on any atom is -0.497 e. The van der Waals surface area contributed by atoms with Crippen LogP contribution in [0.5, 0.6) is 5.75 Å². The standard InChI is InChI=1S/C18H20FN3O2S/c1-3-22(18(25)21-14-9-7-13(19)8-10-14)12-17(23)20-15-5-4-6-16(11-15)24-2/h4-11H,3,12H2,1-2H3,(H,20,23)(H,21,25). The van der Waals surface area contributed by atoms with Gasteiger partial charge in [-0.2, -0.15) is 0 Å². The Bertz CT molecular complexity index is 737. The summed E-state index contributed by atoms with van der Waals surface area (Å²) >= 11 is 5.33. The molecular weight excluding hydrogens is 341 g/mol. The molecule has 0 saturated heterocycles. The highest BCUT2D eigenvalue weighted by Gasteiger charge is 2.13. The first-order chi connectivity index (χ1) is 12.0. The lowest BCUT2D eigenvalue weighted by atomic mass is 10.3. The zero-order valence-electron chi connectivity index (χ0n) is 14.1. The number of methoxy groups -OCH3 is 1. The van der Waals surface area contributed by atoms with Crippen molar-refractivity contribution in [3.8, 4) is 5.75 Å². The van der Waals surface area contributed by atoms with Crippen LogP contribution in [0.3, 0.4) is 0 Å². The molecule has 0 radical (unpaired) electrons. The Morgan fingerprint density at radius 2 is 1.88 bits per heavy atom. The smallest absolute Gasteiger partial charge is 0.243 e. The number of benzene rings is 2. The number of likely N-dealkylation sites (N-methyl/N-ethyl adjacent to an activating group) is 1. The third-order valence-corrected chi connectivity index (χ3v) is 3.81. The number of amides is 1. The second-order valence-corrected chi connectivity index (χ2v) is 5.62. The number of hydrogen-bond donors (Lipinski definition) is 2. The zero-order valence-corrected chi connectivity index (χ0v) is 14.9. The maximum absolute atomic E-state index is 12.9. The Morgan fingerprint density at radius 3 is 2.52 bits per heavy atom. The van der Waals surface area contributed by atoms with Crippen molar-refractivity contribution >= 4 is 34.6 Å². The van der Waals surface area contributed by atoms with Gasteiger partial charge in [0.05, 0.1) is 13.7 Å². The van der Waals surface area contributed by atoms with Crippen LogP contribution < -0.4 is 15.4 Å². The molecule has 2 aromatic rings. The Kier molecular flexibility index (Phi) is 6.71. The summed E-state index contributed by atoms with van der Waals surface area (Å²) in [4.78, 5) is 14.0. The van der Waals surface area contributed by atoms with E-state index in [0.717, 1.165) is 0 Å². The monoisotopic (exact) mass is 361 g/mol. The van der Waals surface area contributed by atoms with E-state index in [1.54, 1.807) is 48.4 Å². The quantitative estimate of drug-likeness (QED) is 0.772. The molecule has 25 heavy (non-hydrogen) atoms. The van der Waals surface area contributed by atoms with E-state index in [9.17, 15) is 9.18 Å². The highest BCUT2D eigenvalue weighted by atomic mass is 32.1. The second kappa shape index (κ2) is 8.98. The van der Waals surface area contributed by atoms with Crippen LogP contribution in [0.25, 0.3) is 0 Å². The van der Waals surface area contributed by atoms with Crippen molar-refractivity contribution in [1.29, 1.82) is 0 Å². The number of halogens is 1. The molecule has 0 bridgehead atoms. The van der Waals surface area contributed by atoms with Crippen molar-refractivity contribution in [1.82, 2.24) is 4.90 Å². The number of hydrogen-bond acceptors (Lipinski definition) is 3. The normalized spacial score (nSPS) is 10.0. The van der Waals surface area contributed by atoms with Gasteiger partial charge in [0.25, 0.3) is 0 Å². The Balaban J connectivity index is 1.94. The number of anilines is 2. The average Bonchev–Trinajstić information content (AvgIpc) is 2.61. The van der Waals surface area contributed by atoms with E-state index in [4.69, 9.17) is 17.0 Å². The van der Waals surface area contributed by atoms with Gasteiger partial charge in [0.1, 0.15) is 11.6 Å². The minimum atomic E-state index is -0.318. The lowest BCUT2D eigenvalue weighted by Gasteiger charge is -2.23. The second-order valence-electron chi connectivity index (χ2n) is 5.23. The largest absolute Gasteiger partial charge is 0.497 e. The zero-order chi connectivity index (χ0) is 18.2. The fraction of sp³-hybridized carbons (Fsp3) is 0.222. The third kappa shape index (κ3) is 5.72. The third-order valence-electron chi connectivity index (χ3n) is 3.45. The van der Waals surface area contributed by atoms with Crippen molar-refractivity contribution < 1.29 is 13.9 Å². The van der Waals surface area contributed by atoms with E-state index in [1.807, 2.05) is 6.92 Å². The van der Waals surface area contributed by atoms with Crippen molar-refractivity contribution in [2.24, 2.45) is 0 Å². The number of thiocarbonyl (C=S) groups is 1. The van der Waals surface area contributed by atoms with Gasteiger partial charge in [-0.15, -0.1) is 0 Å². The molecule has 0 fully saturated rings. The van der Waals surface area contributed by atoms with Gasteiger partial charge in [-0.1, -0.05) is 6.07 Å². The van der Waals surface area contributed by atoms with E-state index >= 15 is 0 Å². The van der Waals surface area contributed by atoms with Crippen molar-refractivity contribution in [3.63, 3.8) is 0 Å². The predicted octanol–water partition coefficient (Wildman–Crippen LogP) is 3.49. The van der Waals surface area contributed by atoms with Gasteiger partial charge in [0, 0.05) is 24.0 Å². The van der Waals surface area contributed by atoms with Gasteiger partial charge in [-0.3, -0.25) is 4.79 Å². The molecule has 2 aromatic carbocycles. The Labute approximate surface area is 151 Å². The van der Waals surface area contributed by atoms with E-state index in [2.05, 4.69) is 10.6 Å². The summed E-state index contributed by atoms with van der Waals surface area (Å²) in [6, 6.07) is 13.0. The van der Waals surface area contributed by atoms with Crippen LogP contribution in [-0.2, 0) is 4.79 Å². The fourth-order valence-electron chi connectivity index (χ4n) is 2.14. The first-order valence-corrected chi connectivity index (χ1v) is 8.18. The van der Waals surface area contributed by atoms with Crippen LogP contribution in [0, 0.1) is 5.82 Å². The molecule has 0 aromatic heterocycles. The first-order valence-electron chi connectivity index (χ1n) is 7.77. The van der Waals surface area contributed by atoms with Crippen molar-refractivity contribution in [2.75, 3.05) is 30.8 Å². The molecule has 0 aliphatic rings. The molecule has 2 N–H and O–H groups in total. The molecule has 0 atom stereocenters. The molecule has 0 heterocycles. The van der Waals surface area contributed by atoms with E-state index < -0.39 is 0 Å². The average molecular weight is 361 g/mol. The summed E-state index contributed by atoms with van der Waals surface area (Å²) in [5, 5.41) is 6.21. The van der Waals surface area contributed by atoms with E-state index in [0.29, 0.717) is 28.8 Å². The number of nitrogens with one attached hydrogen (secondary N) is 2. The molecule has 0 spiro atoms. The fourth-order valence-corrected chi connectivity index (χ4v) is 2.45. The summed E-state index contributed by atoms with van der Waals surface area (Å²) in [5.41, 5.74) is 1.32. The number of ether oxygens (including phenoxy) is 1.